The van der Waals surface area contributed by atoms with E-state index in [-0.39, 0.29) is 5.56 Å². The van der Waals surface area contributed by atoms with Gasteiger partial charge in [0.1, 0.15) is 11.4 Å². The third kappa shape index (κ3) is 3.07. The van der Waals surface area contributed by atoms with E-state index in [1.54, 1.807) is 22.9 Å². The molecule has 0 atom stereocenters. The lowest BCUT2D eigenvalue weighted by Gasteiger charge is -2.12. The quantitative estimate of drug-likeness (QED) is 0.715. The average Bonchev–Trinajstić information content (AvgIpc) is 3.39. The second-order valence-electron chi connectivity index (χ2n) is 6.78. The number of fused-ring (bicyclic) bond motifs is 1. The van der Waals surface area contributed by atoms with Crippen LogP contribution in [0.25, 0.3) is 11.0 Å². The van der Waals surface area contributed by atoms with Gasteiger partial charge in [-0.15, -0.1) is 0 Å². The minimum absolute atomic E-state index is 0.0274. The Morgan fingerprint density at radius 1 is 1.24 bits per heavy atom. The van der Waals surface area contributed by atoms with E-state index in [0.717, 1.165) is 22.2 Å². The van der Waals surface area contributed by atoms with Crippen LogP contribution in [0.5, 0.6) is 5.75 Å². The lowest BCUT2D eigenvalue weighted by atomic mass is 10.1. The molecule has 1 fully saturated rings. The molecule has 3 aromatic rings. The van der Waals surface area contributed by atoms with Gasteiger partial charge in [-0.05, 0) is 61.9 Å². The van der Waals surface area contributed by atoms with Crippen molar-refractivity contribution < 1.29 is 5.11 Å². The van der Waals surface area contributed by atoms with E-state index in [9.17, 15) is 9.90 Å². The number of hydrogen-bond acceptors (Lipinski definition) is 5. The van der Waals surface area contributed by atoms with E-state index in [1.807, 2.05) is 26.0 Å². The number of aromatic hydroxyl groups is 1. The molecule has 0 radical (unpaired) electrons. The lowest BCUT2D eigenvalue weighted by molar-refractivity contribution is 0.467. The standard InChI is InChI=1S/C19H20N4O2/c1-11-7-15(8-12(2)17(11)25)21-19-20-9-14-5-6-16(24)23(18(14)22-19)10-13-3-4-13/h5-9,13,25H,3-4,10H2,1-2H3,(H,20,21,22). The Bertz CT molecular complexity index is 999. The third-order valence-electron chi connectivity index (χ3n) is 4.61. The molecule has 1 aliphatic carbocycles. The Labute approximate surface area is 145 Å². The normalized spacial score (nSPS) is 14.0. The van der Waals surface area contributed by atoms with Crippen molar-refractivity contribution in [3.05, 3.63) is 51.9 Å². The van der Waals surface area contributed by atoms with Gasteiger partial charge in [-0.1, -0.05) is 0 Å². The molecule has 0 aliphatic heterocycles. The van der Waals surface area contributed by atoms with Crippen LogP contribution >= 0.6 is 0 Å². The molecule has 0 spiro atoms. The number of hydrogen-bond donors (Lipinski definition) is 2. The first kappa shape index (κ1) is 15.6. The van der Waals surface area contributed by atoms with Crippen LogP contribution in [0.15, 0.2) is 35.3 Å². The van der Waals surface area contributed by atoms with Crippen LogP contribution in [0, 0.1) is 19.8 Å². The van der Waals surface area contributed by atoms with Gasteiger partial charge in [0.05, 0.1) is 0 Å². The van der Waals surface area contributed by atoms with E-state index in [1.165, 1.54) is 12.8 Å². The zero-order valence-electron chi connectivity index (χ0n) is 14.3. The maximum atomic E-state index is 12.2. The summed E-state index contributed by atoms with van der Waals surface area (Å²) in [5.41, 5.74) is 3.01. The fourth-order valence-electron chi connectivity index (χ4n) is 3.02. The summed E-state index contributed by atoms with van der Waals surface area (Å²) < 4.78 is 1.74. The van der Waals surface area contributed by atoms with E-state index < -0.39 is 0 Å². The highest BCUT2D eigenvalue weighted by Crippen LogP contribution is 2.31. The molecule has 6 heteroatoms. The maximum Gasteiger partial charge on any atom is 0.252 e. The summed E-state index contributed by atoms with van der Waals surface area (Å²) in [5.74, 6) is 1.31. The third-order valence-corrected chi connectivity index (χ3v) is 4.61. The van der Waals surface area contributed by atoms with Crippen LogP contribution in [0.2, 0.25) is 0 Å². The highest BCUT2D eigenvalue weighted by molar-refractivity contribution is 5.75. The number of pyridine rings is 1. The van der Waals surface area contributed by atoms with Crippen molar-refractivity contribution in [3.8, 4) is 5.75 Å². The molecule has 6 nitrogen and oxygen atoms in total. The Morgan fingerprint density at radius 3 is 2.64 bits per heavy atom. The molecule has 1 saturated carbocycles. The average molecular weight is 336 g/mol. The number of phenols is 1. The van der Waals surface area contributed by atoms with Gasteiger partial charge in [0, 0.05) is 29.9 Å². The number of nitrogens with zero attached hydrogens (tertiary/aromatic N) is 3. The van der Waals surface area contributed by atoms with Gasteiger partial charge in [0.25, 0.3) is 5.56 Å². The summed E-state index contributed by atoms with van der Waals surface area (Å²) in [6.45, 7) is 4.41. The lowest BCUT2D eigenvalue weighted by Crippen LogP contribution is -2.21. The summed E-state index contributed by atoms with van der Waals surface area (Å²) in [6.07, 6.45) is 4.07. The first-order chi connectivity index (χ1) is 12.0. The zero-order valence-corrected chi connectivity index (χ0v) is 14.3. The first-order valence-corrected chi connectivity index (χ1v) is 8.45. The van der Waals surface area contributed by atoms with Crippen molar-refractivity contribution in [2.75, 3.05) is 5.32 Å². The maximum absolute atomic E-state index is 12.2. The zero-order chi connectivity index (χ0) is 17.6. The van der Waals surface area contributed by atoms with Crippen LogP contribution < -0.4 is 10.9 Å². The highest BCUT2D eigenvalue weighted by Gasteiger charge is 2.23. The Balaban J connectivity index is 1.74. The predicted octanol–water partition coefficient (Wildman–Crippen LogP) is 3.27. The summed E-state index contributed by atoms with van der Waals surface area (Å²) >= 11 is 0. The number of benzene rings is 1. The van der Waals surface area contributed by atoms with E-state index in [2.05, 4.69) is 15.3 Å². The van der Waals surface area contributed by atoms with Gasteiger partial charge in [-0.25, -0.2) is 4.98 Å². The number of aromatic nitrogens is 3. The van der Waals surface area contributed by atoms with Crippen LogP contribution in [0.1, 0.15) is 24.0 Å². The number of nitrogens with one attached hydrogen (secondary N) is 1. The van der Waals surface area contributed by atoms with Crippen LogP contribution in [0.3, 0.4) is 0 Å². The second-order valence-corrected chi connectivity index (χ2v) is 6.78. The van der Waals surface area contributed by atoms with Crippen molar-refractivity contribution in [1.82, 2.24) is 14.5 Å². The number of phenolic OH excluding ortho intramolecular Hbond substituents is 1. The van der Waals surface area contributed by atoms with E-state index in [0.29, 0.717) is 29.8 Å². The van der Waals surface area contributed by atoms with Crippen molar-refractivity contribution in [2.24, 2.45) is 5.92 Å². The van der Waals surface area contributed by atoms with Crippen LogP contribution in [-0.2, 0) is 6.54 Å². The fourth-order valence-corrected chi connectivity index (χ4v) is 3.02. The topological polar surface area (TPSA) is 80.0 Å². The van der Waals surface area contributed by atoms with Crippen LogP contribution in [-0.4, -0.2) is 19.6 Å². The molecule has 0 amide bonds. The Kier molecular flexibility index (Phi) is 3.67. The molecule has 2 N–H and O–H groups in total. The molecule has 25 heavy (non-hydrogen) atoms. The monoisotopic (exact) mass is 336 g/mol. The fraction of sp³-hybridized carbons (Fsp3) is 0.316. The van der Waals surface area contributed by atoms with Gasteiger partial charge in [0.15, 0.2) is 0 Å². The SMILES string of the molecule is Cc1cc(Nc2ncc3ccc(=O)n(CC4CC4)c3n2)cc(C)c1O. The second kappa shape index (κ2) is 5.88. The van der Waals surface area contributed by atoms with Crippen molar-refractivity contribution in [1.29, 1.82) is 0 Å². The van der Waals surface area contributed by atoms with Gasteiger partial charge in [-0.2, -0.15) is 4.98 Å². The van der Waals surface area contributed by atoms with E-state index >= 15 is 0 Å². The molecule has 0 saturated heterocycles. The molecule has 0 bridgehead atoms. The Morgan fingerprint density at radius 2 is 1.96 bits per heavy atom. The van der Waals surface area contributed by atoms with Crippen molar-refractivity contribution >= 4 is 22.7 Å². The molecule has 2 heterocycles. The predicted molar refractivity (Wildman–Crippen MR) is 97.4 cm³/mol. The van der Waals surface area contributed by atoms with Gasteiger partial charge in [0.2, 0.25) is 5.95 Å². The molecule has 128 valence electrons. The number of aryl methyl sites for hydroxylation is 2. The van der Waals surface area contributed by atoms with Crippen molar-refractivity contribution in [2.45, 2.75) is 33.2 Å². The summed E-state index contributed by atoms with van der Waals surface area (Å²) in [5, 5.41) is 13.9. The highest BCUT2D eigenvalue weighted by atomic mass is 16.3. The molecular formula is C19H20N4O2. The van der Waals surface area contributed by atoms with Gasteiger partial charge < -0.3 is 10.4 Å². The molecule has 0 unspecified atom stereocenters. The number of anilines is 2. The Hall–Kier alpha value is -2.89. The smallest absolute Gasteiger partial charge is 0.252 e. The minimum atomic E-state index is -0.0274. The molecular weight excluding hydrogens is 316 g/mol. The summed E-state index contributed by atoms with van der Waals surface area (Å²) in [4.78, 5) is 21.2. The first-order valence-electron chi connectivity index (χ1n) is 8.45. The van der Waals surface area contributed by atoms with Crippen molar-refractivity contribution in [3.63, 3.8) is 0 Å². The van der Waals surface area contributed by atoms with Gasteiger partial charge in [-0.3, -0.25) is 9.36 Å². The molecule has 1 aliphatic rings. The summed E-state index contributed by atoms with van der Waals surface area (Å²) in [6, 6.07) is 7.03. The molecule has 4 rings (SSSR count). The van der Waals surface area contributed by atoms with Crippen LogP contribution in [0.4, 0.5) is 11.6 Å². The summed E-state index contributed by atoms with van der Waals surface area (Å²) in [7, 11) is 0. The molecule has 1 aromatic carbocycles. The largest absolute Gasteiger partial charge is 0.507 e. The number of rotatable bonds is 4. The van der Waals surface area contributed by atoms with E-state index in [4.69, 9.17) is 0 Å². The van der Waals surface area contributed by atoms with Gasteiger partial charge >= 0.3 is 0 Å². The minimum Gasteiger partial charge on any atom is -0.507 e. The molecule has 2 aromatic heterocycles.